The molecule has 0 atom stereocenters. The standard InChI is InChI=1S/C20H18Br4O/c1-13(9-15-17(21)5-3-6-18(15)22)11-25-12-14(2)10-16-19(23)7-4-8-20(16)24/h3-10H,11-12H2,1-2H3. The van der Waals surface area contributed by atoms with E-state index in [9.17, 15) is 0 Å². The van der Waals surface area contributed by atoms with Crippen molar-refractivity contribution >= 4 is 75.9 Å². The molecule has 0 fully saturated rings. The zero-order chi connectivity index (χ0) is 18.4. The van der Waals surface area contributed by atoms with E-state index in [1.165, 1.54) is 11.1 Å². The highest BCUT2D eigenvalue weighted by Crippen LogP contribution is 2.28. The van der Waals surface area contributed by atoms with Gasteiger partial charge in [0.15, 0.2) is 0 Å². The molecule has 0 bridgehead atoms. The lowest BCUT2D eigenvalue weighted by molar-refractivity contribution is 0.181. The Balaban J connectivity index is 1.98. The molecule has 2 aromatic carbocycles. The molecule has 5 heteroatoms. The molecule has 2 aromatic rings. The van der Waals surface area contributed by atoms with Crippen LogP contribution in [0.5, 0.6) is 0 Å². The average Bonchev–Trinajstić information content (AvgIpc) is 2.55. The molecule has 0 spiro atoms. The van der Waals surface area contributed by atoms with Crippen LogP contribution in [0.1, 0.15) is 25.0 Å². The number of rotatable bonds is 6. The van der Waals surface area contributed by atoms with Gasteiger partial charge in [-0.15, -0.1) is 0 Å². The van der Waals surface area contributed by atoms with E-state index in [0.717, 1.165) is 29.0 Å². The van der Waals surface area contributed by atoms with Crippen LogP contribution in [0.3, 0.4) is 0 Å². The Bertz CT molecular complexity index is 701. The molecular formula is C20H18Br4O. The minimum Gasteiger partial charge on any atom is -0.373 e. The van der Waals surface area contributed by atoms with Crippen LogP contribution in [-0.4, -0.2) is 13.2 Å². The third-order valence-electron chi connectivity index (χ3n) is 3.44. The summed E-state index contributed by atoms with van der Waals surface area (Å²) in [5.74, 6) is 0. The maximum absolute atomic E-state index is 5.86. The third-order valence-corrected chi connectivity index (χ3v) is 6.21. The van der Waals surface area contributed by atoms with Crippen molar-refractivity contribution in [2.45, 2.75) is 13.8 Å². The quantitative estimate of drug-likeness (QED) is 0.328. The number of hydrogen-bond acceptors (Lipinski definition) is 1. The topological polar surface area (TPSA) is 9.23 Å². The van der Waals surface area contributed by atoms with Crippen LogP contribution in [0.25, 0.3) is 12.2 Å². The molecule has 2 rings (SSSR count). The molecule has 0 radical (unpaired) electrons. The molecular weight excluding hydrogens is 576 g/mol. The molecule has 0 aliphatic carbocycles. The van der Waals surface area contributed by atoms with E-state index in [0.29, 0.717) is 13.2 Å². The molecule has 25 heavy (non-hydrogen) atoms. The molecule has 0 amide bonds. The van der Waals surface area contributed by atoms with Crippen LogP contribution < -0.4 is 0 Å². The van der Waals surface area contributed by atoms with E-state index in [-0.39, 0.29) is 0 Å². The summed E-state index contributed by atoms with van der Waals surface area (Å²) in [5.41, 5.74) is 4.60. The normalized spacial score (nSPS) is 12.6. The van der Waals surface area contributed by atoms with Crippen LogP contribution >= 0.6 is 63.7 Å². The summed E-state index contributed by atoms with van der Waals surface area (Å²) in [6, 6.07) is 12.2. The monoisotopic (exact) mass is 590 g/mol. The average molecular weight is 594 g/mol. The summed E-state index contributed by atoms with van der Waals surface area (Å²) in [7, 11) is 0. The summed E-state index contributed by atoms with van der Waals surface area (Å²) in [4.78, 5) is 0. The van der Waals surface area contributed by atoms with Crippen molar-refractivity contribution in [1.82, 2.24) is 0 Å². The van der Waals surface area contributed by atoms with Gasteiger partial charge in [0.1, 0.15) is 0 Å². The van der Waals surface area contributed by atoms with Gasteiger partial charge in [0, 0.05) is 29.0 Å². The van der Waals surface area contributed by atoms with Crippen LogP contribution in [-0.2, 0) is 4.74 Å². The van der Waals surface area contributed by atoms with Gasteiger partial charge in [-0.05, 0) is 49.3 Å². The Labute approximate surface area is 183 Å². The van der Waals surface area contributed by atoms with E-state index in [4.69, 9.17) is 4.74 Å². The van der Waals surface area contributed by atoms with Gasteiger partial charge in [-0.2, -0.15) is 0 Å². The second-order valence-corrected chi connectivity index (χ2v) is 9.16. The zero-order valence-corrected chi connectivity index (χ0v) is 20.3. The van der Waals surface area contributed by atoms with Crippen LogP contribution in [0.15, 0.2) is 65.4 Å². The number of ether oxygens (including phenoxy) is 1. The molecule has 132 valence electrons. The second kappa shape index (κ2) is 10.2. The summed E-state index contributed by atoms with van der Waals surface area (Å²) >= 11 is 14.3. The summed E-state index contributed by atoms with van der Waals surface area (Å²) in [6.07, 6.45) is 4.27. The van der Waals surface area contributed by atoms with Gasteiger partial charge in [-0.1, -0.05) is 88.0 Å². The first-order valence-corrected chi connectivity index (χ1v) is 10.9. The van der Waals surface area contributed by atoms with Crippen LogP contribution in [0, 0.1) is 0 Å². The minimum absolute atomic E-state index is 0.593. The predicted octanol–water partition coefficient (Wildman–Crippen LogP) is 8.26. The Morgan fingerprint density at radius 3 is 1.36 bits per heavy atom. The molecule has 0 heterocycles. The number of benzene rings is 2. The van der Waals surface area contributed by atoms with Gasteiger partial charge in [0.25, 0.3) is 0 Å². The maximum Gasteiger partial charge on any atom is 0.0681 e. The maximum atomic E-state index is 5.86. The van der Waals surface area contributed by atoms with E-state index >= 15 is 0 Å². The smallest absolute Gasteiger partial charge is 0.0681 e. The SMILES string of the molecule is CC(=Cc1c(Br)cccc1Br)COCC(C)=Cc1c(Br)cccc1Br. The lowest BCUT2D eigenvalue weighted by Crippen LogP contribution is -1.99. The third kappa shape index (κ3) is 6.47. The lowest BCUT2D eigenvalue weighted by Gasteiger charge is -2.08. The molecule has 1 nitrogen and oxygen atoms in total. The summed E-state index contributed by atoms with van der Waals surface area (Å²) in [5, 5.41) is 0. The zero-order valence-electron chi connectivity index (χ0n) is 14.0. The fourth-order valence-corrected chi connectivity index (χ4v) is 4.70. The number of halogens is 4. The lowest BCUT2D eigenvalue weighted by atomic mass is 10.1. The van der Waals surface area contributed by atoms with Crippen molar-refractivity contribution < 1.29 is 4.74 Å². The largest absolute Gasteiger partial charge is 0.373 e. The van der Waals surface area contributed by atoms with Gasteiger partial charge in [0.05, 0.1) is 13.2 Å². The van der Waals surface area contributed by atoms with Crippen molar-refractivity contribution in [3.8, 4) is 0 Å². The molecule has 0 N–H and O–H groups in total. The first-order chi connectivity index (χ1) is 11.9. The van der Waals surface area contributed by atoms with E-state index in [1.54, 1.807) is 0 Å². The van der Waals surface area contributed by atoms with Crippen LogP contribution in [0.2, 0.25) is 0 Å². The van der Waals surface area contributed by atoms with Gasteiger partial charge < -0.3 is 4.74 Å². The molecule has 0 aromatic heterocycles. The highest BCUT2D eigenvalue weighted by molar-refractivity contribution is 9.11. The number of hydrogen-bond donors (Lipinski definition) is 0. The van der Waals surface area contributed by atoms with Crippen LogP contribution in [0.4, 0.5) is 0 Å². The predicted molar refractivity (Wildman–Crippen MR) is 122 cm³/mol. The van der Waals surface area contributed by atoms with Crippen molar-refractivity contribution in [3.05, 3.63) is 76.6 Å². The Hall–Kier alpha value is -0.200. The fourth-order valence-electron chi connectivity index (χ4n) is 2.25. The van der Waals surface area contributed by atoms with Crippen molar-refractivity contribution in [1.29, 1.82) is 0 Å². The van der Waals surface area contributed by atoms with Gasteiger partial charge >= 0.3 is 0 Å². The minimum atomic E-state index is 0.593. The van der Waals surface area contributed by atoms with Gasteiger partial charge in [0.2, 0.25) is 0 Å². The first-order valence-electron chi connectivity index (χ1n) is 7.68. The van der Waals surface area contributed by atoms with E-state index < -0.39 is 0 Å². The Kier molecular flexibility index (Phi) is 8.62. The Morgan fingerprint density at radius 1 is 0.720 bits per heavy atom. The molecule has 0 saturated carbocycles. The molecule has 0 saturated heterocycles. The molecule has 0 aliphatic heterocycles. The van der Waals surface area contributed by atoms with Gasteiger partial charge in [-0.3, -0.25) is 0 Å². The van der Waals surface area contributed by atoms with Crippen molar-refractivity contribution in [2.24, 2.45) is 0 Å². The van der Waals surface area contributed by atoms with E-state index in [1.807, 2.05) is 36.4 Å². The highest BCUT2D eigenvalue weighted by Gasteiger charge is 2.04. The highest BCUT2D eigenvalue weighted by atomic mass is 79.9. The van der Waals surface area contributed by atoms with Crippen molar-refractivity contribution in [3.63, 3.8) is 0 Å². The summed E-state index contributed by atoms with van der Waals surface area (Å²) < 4.78 is 10.1. The second-order valence-electron chi connectivity index (χ2n) is 5.74. The first kappa shape index (κ1) is 21.1. The fraction of sp³-hybridized carbons (Fsp3) is 0.200. The van der Waals surface area contributed by atoms with E-state index in [2.05, 4.69) is 89.7 Å². The molecule has 0 unspecified atom stereocenters. The summed E-state index contributed by atoms with van der Waals surface area (Å²) in [6.45, 7) is 5.34. The van der Waals surface area contributed by atoms with Crippen molar-refractivity contribution in [2.75, 3.05) is 13.2 Å². The van der Waals surface area contributed by atoms with Gasteiger partial charge in [-0.25, -0.2) is 0 Å². The molecule has 0 aliphatic rings. The Morgan fingerprint density at radius 2 is 1.04 bits per heavy atom.